The Bertz CT molecular complexity index is 1880. The van der Waals surface area contributed by atoms with E-state index in [1.54, 1.807) is 36.6 Å². The summed E-state index contributed by atoms with van der Waals surface area (Å²) in [5.74, 6) is 0.492. The quantitative estimate of drug-likeness (QED) is 0.263. The molecule has 0 spiro atoms. The highest BCUT2D eigenvalue weighted by molar-refractivity contribution is 7.07. The molecule has 0 fully saturated rings. The summed E-state index contributed by atoms with van der Waals surface area (Å²) < 4.78 is 13.6. The highest BCUT2D eigenvalue weighted by Crippen LogP contribution is 2.31. The molecule has 4 aromatic rings. The van der Waals surface area contributed by atoms with Crippen LogP contribution in [0.1, 0.15) is 67.5 Å². The minimum Gasteiger partial charge on any atom is -0.488 e. The largest absolute Gasteiger partial charge is 0.488 e. The number of hydrogen-bond donors (Lipinski definition) is 0. The number of nitriles is 1. The second-order valence-electron chi connectivity index (χ2n) is 10.3. The second-order valence-corrected chi connectivity index (χ2v) is 11.3. The molecule has 5 rings (SSSR count). The molecule has 0 aliphatic carbocycles. The number of benzene rings is 3. The average Bonchev–Trinajstić information content (AvgIpc) is 3.30. The first-order valence-corrected chi connectivity index (χ1v) is 14.6. The van der Waals surface area contributed by atoms with Gasteiger partial charge in [0.05, 0.1) is 40.1 Å². The van der Waals surface area contributed by atoms with E-state index >= 15 is 0 Å². The third-order valence-corrected chi connectivity index (χ3v) is 8.10. The number of esters is 1. The summed E-state index contributed by atoms with van der Waals surface area (Å²) in [5.41, 5.74) is 4.89. The van der Waals surface area contributed by atoms with E-state index in [-0.39, 0.29) is 12.2 Å². The van der Waals surface area contributed by atoms with Crippen molar-refractivity contribution >= 4 is 23.4 Å². The Morgan fingerprint density at radius 2 is 1.81 bits per heavy atom. The van der Waals surface area contributed by atoms with E-state index < -0.39 is 12.0 Å². The molecule has 0 radical (unpaired) electrons. The number of thiazole rings is 1. The van der Waals surface area contributed by atoms with E-state index in [4.69, 9.17) is 14.7 Å². The number of nitrogens with zero attached hydrogens (tertiary/aromatic N) is 3. The van der Waals surface area contributed by atoms with Gasteiger partial charge in [0.2, 0.25) is 0 Å². The first-order chi connectivity index (χ1) is 20.3. The van der Waals surface area contributed by atoms with Crippen LogP contribution in [0, 0.1) is 11.3 Å². The monoisotopic (exact) mass is 577 g/mol. The lowest BCUT2D eigenvalue weighted by atomic mass is 9.93. The number of carbonyl (C=O) groups is 1. The molecule has 212 valence electrons. The lowest BCUT2D eigenvalue weighted by Crippen LogP contribution is -2.39. The number of hydrogen-bond acceptors (Lipinski definition) is 7. The Labute approximate surface area is 248 Å². The number of aromatic nitrogens is 1. The van der Waals surface area contributed by atoms with Crippen molar-refractivity contribution in [3.05, 3.63) is 132 Å². The molecule has 1 aliphatic rings. The van der Waals surface area contributed by atoms with E-state index in [9.17, 15) is 9.59 Å². The predicted octanol–water partition coefficient (Wildman–Crippen LogP) is 5.37. The van der Waals surface area contributed by atoms with Crippen LogP contribution in [-0.4, -0.2) is 17.1 Å². The van der Waals surface area contributed by atoms with Crippen molar-refractivity contribution in [1.82, 2.24) is 4.57 Å². The van der Waals surface area contributed by atoms with E-state index in [1.807, 2.05) is 60.7 Å². The number of rotatable bonds is 8. The van der Waals surface area contributed by atoms with Gasteiger partial charge in [0.15, 0.2) is 4.80 Å². The molecule has 0 N–H and O–H groups in total. The Kier molecular flexibility index (Phi) is 8.51. The van der Waals surface area contributed by atoms with Gasteiger partial charge in [0, 0.05) is 5.56 Å². The number of allylic oxidation sites excluding steroid dienone is 1. The van der Waals surface area contributed by atoms with E-state index in [2.05, 4.69) is 24.9 Å². The fraction of sp³-hybridized carbons (Fsp3) is 0.235. The molecular weight excluding hydrogens is 546 g/mol. The minimum atomic E-state index is -0.661. The smallest absolute Gasteiger partial charge is 0.338 e. The van der Waals surface area contributed by atoms with Crippen LogP contribution in [0.3, 0.4) is 0 Å². The molecule has 0 saturated carbocycles. The van der Waals surface area contributed by atoms with Crippen molar-refractivity contribution in [2.45, 2.75) is 46.3 Å². The van der Waals surface area contributed by atoms with Crippen molar-refractivity contribution in [2.75, 3.05) is 6.61 Å². The van der Waals surface area contributed by atoms with Gasteiger partial charge in [-0.2, -0.15) is 5.26 Å². The summed E-state index contributed by atoms with van der Waals surface area (Å²) in [6.45, 7) is 8.32. The van der Waals surface area contributed by atoms with Crippen LogP contribution >= 0.6 is 11.3 Å². The summed E-state index contributed by atoms with van der Waals surface area (Å²) >= 11 is 1.28. The Hall–Kier alpha value is -4.74. The fourth-order valence-electron chi connectivity index (χ4n) is 4.88. The molecule has 1 aliphatic heterocycles. The van der Waals surface area contributed by atoms with Gasteiger partial charge < -0.3 is 9.47 Å². The van der Waals surface area contributed by atoms with Gasteiger partial charge in [-0.05, 0) is 60.7 Å². The number of fused-ring (bicyclic) bond motifs is 1. The van der Waals surface area contributed by atoms with Crippen LogP contribution in [-0.2, 0) is 16.1 Å². The van der Waals surface area contributed by atoms with Crippen molar-refractivity contribution < 1.29 is 14.3 Å². The summed E-state index contributed by atoms with van der Waals surface area (Å²) in [5, 5.41) is 9.04. The van der Waals surface area contributed by atoms with Crippen molar-refractivity contribution in [3.63, 3.8) is 0 Å². The Morgan fingerprint density at radius 1 is 1.10 bits per heavy atom. The molecule has 7 nitrogen and oxygen atoms in total. The van der Waals surface area contributed by atoms with Crippen molar-refractivity contribution in [1.29, 1.82) is 5.26 Å². The van der Waals surface area contributed by atoms with Crippen LogP contribution < -0.4 is 19.6 Å². The first-order valence-electron chi connectivity index (χ1n) is 13.8. The van der Waals surface area contributed by atoms with Crippen LogP contribution in [0.2, 0.25) is 0 Å². The standard InChI is InChI=1S/C34H31N3O4S/c1-5-40-33(39)30-22(4)36-34-37(31(30)26-16-14-25(15-17-26)21(2)3)32(38)29(42-34)18-27-8-6-7-9-28(27)41-20-24-12-10-23(19-35)11-13-24/h6-18,21,31H,5,20H2,1-4H3/b29-18-/t31-/m1/s1. The lowest BCUT2D eigenvalue weighted by Gasteiger charge is -2.25. The summed E-state index contributed by atoms with van der Waals surface area (Å²) in [7, 11) is 0. The molecule has 1 atom stereocenters. The highest BCUT2D eigenvalue weighted by atomic mass is 32.1. The molecule has 0 amide bonds. The molecule has 0 saturated heterocycles. The Morgan fingerprint density at radius 3 is 2.48 bits per heavy atom. The average molecular weight is 578 g/mol. The number of carbonyl (C=O) groups excluding carboxylic acids is 1. The summed E-state index contributed by atoms with van der Waals surface area (Å²) in [6.07, 6.45) is 1.81. The normalized spacial score (nSPS) is 14.8. The lowest BCUT2D eigenvalue weighted by molar-refractivity contribution is -0.139. The molecule has 42 heavy (non-hydrogen) atoms. The van der Waals surface area contributed by atoms with Crippen LogP contribution in [0.15, 0.2) is 93.9 Å². The fourth-order valence-corrected chi connectivity index (χ4v) is 5.92. The maximum absolute atomic E-state index is 14.0. The second kappa shape index (κ2) is 12.4. The van der Waals surface area contributed by atoms with Crippen molar-refractivity contribution in [2.24, 2.45) is 4.99 Å². The zero-order chi connectivity index (χ0) is 29.8. The summed E-state index contributed by atoms with van der Waals surface area (Å²) in [4.78, 5) is 32.4. The Balaban J connectivity index is 1.57. The van der Waals surface area contributed by atoms with Gasteiger partial charge in [-0.25, -0.2) is 9.79 Å². The third kappa shape index (κ3) is 5.83. The van der Waals surface area contributed by atoms with Gasteiger partial charge in [-0.3, -0.25) is 9.36 Å². The van der Waals surface area contributed by atoms with Gasteiger partial charge >= 0.3 is 5.97 Å². The van der Waals surface area contributed by atoms with E-state index in [0.29, 0.717) is 44.4 Å². The van der Waals surface area contributed by atoms with Crippen molar-refractivity contribution in [3.8, 4) is 11.8 Å². The zero-order valence-corrected chi connectivity index (χ0v) is 24.8. The third-order valence-electron chi connectivity index (χ3n) is 7.12. The predicted molar refractivity (Wildman–Crippen MR) is 163 cm³/mol. The first kappa shape index (κ1) is 28.8. The molecule has 2 heterocycles. The van der Waals surface area contributed by atoms with Gasteiger partial charge in [-0.1, -0.05) is 79.8 Å². The highest BCUT2D eigenvalue weighted by Gasteiger charge is 2.33. The zero-order valence-electron chi connectivity index (χ0n) is 24.0. The van der Waals surface area contributed by atoms with E-state index in [1.165, 1.54) is 16.9 Å². The SMILES string of the molecule is CCOC(=O)C1=C(C)N=c2s/c(=C\c3ccccc3OCc3ccc(C#N)cc3)c(=O)n2[C@@H]1c1ccc(C(C)C)cc1. The van der Waals surface area contributed by atoms with Crippen LogP contribution in [0.5, 0.6) is 5.75 Å². The topological polar surface area (TPSA) is 93.7 Å². The van der Waals surface area contributed by atoms with Gasteiger partial charge in [0.1, 0.15) is 12.4 Å². The van der Waals surface area contributed by atoms with Gasteiger partial charge in [0.25, 0.3) is 5.56 Å². The van der Waals surface area contributed by atoms with Gasteiger partial charge in [-0.15, -0.1) is 0 Å². The minimum absolute atomic E-state index is 0.221. The molecular formula is C34H31N3O4S. The number of para-hydroxylation sites is 1. The van der Waals surface area contributed by atoms with Crippen LogP contribution in [0.25, 0.3) is 6.08 Å². The summed E-state index contributed by atoms with van der Waals surface area (Å²) in [6, 6.07) is 24.2. The maximum atomic E-state index is 14.0. The molecule has 8 heteroatoms. The van der Waals surface area contributed by atoms with E-state index in [0.717, 1.165) is 16.7 Å². The molecule has 3 aromatic carbocycles. The molecule has 0 unspecified atom stereocenters. The molecule has 0 bridgehead atoms. The molecule has 1 aromatic heterocycles. The maximum Gasteiger partial charge on any atom is 0.338 e. The van der Waals surface area contributed by atoms with Crippen LogP contribution in [0.4, 0.5) is 0 Å². The number of ether oxygens (including phenoxy) is 2.